The highest BCUT2D eigenvalue weighted by Gasteiger charge is 2.13. The predicted molar refractivity (Wildman–Crippen MR) is 88.2 cm³/mol. The lowest BCUT2D eigenvalue weighted by Crippen LogP contribution is -2.05. The number of halogens is 1. The van der Waals surface area contributed by atoms with Gasteiger partial charge in [-0.25, -0.2) is 14.6 Å². The van der Waals surface area contributed by atoms with Gasteiger partial charge in [0.15, 0.2) is 0 Å². The molecular weight excluding hydrogens is 334 g/mol. The van der Waals surface area contributed by atoms with Gasteiger partial charge in [-0.1, -0.05) is 12.1 Å². The Kier molecular flexibility index (Phi) is 4.01. The fraction of sp³-hybridized carbons (Fsp3) is 0. The molecule has 7 nitrogen and oxygen atoms in total. The minimum atomic E-state index is -1.23. The van der Waals surface area contributed by atoms with E-state index in [0.717, 1.165) is 6.07 Å². The first-order valence-electron chi connectivity index (χ1n) is 6.75. The summed E-state index contributed by atoms with van der Waals surface area (Å²) in [6.07, 6.45) is 0. The summed E-state index contributed by atoms with van der Waals surface area (Å²) < 4.78 is 0. The second kappa shape index (κ2) is 6.13. The highest BCUT2D eigenvalue weighted by molar-refractivity contribution is 6.28. The number of carboxylic acids is 2. The molecule has 1 aromatic heterocycles. The molecule has 0 fully saturated rings. The summed E-state index contributed by atoms with van der Waals surface area (Å²) >= 11 is 5.90. The first kappa shape index (κ1) is 15.7. The summed E-state index contributed by atoms with van der Waals surface area (Å²) in [4.78, 5) is 30.5. The molecule has 2 aromatic carbocycles. The van der Waals surface area contributed by atoms with Crippen LogP contribution in [0.3, 0.4) is 0 Å². The lowest BCUT2D eigenvalue weighted by molar-refractivity contribution is 0.0696. The van der Waals surface area contributed by atoms with Gasteiger partial charge in [-0.15, -0.1) is 0 Å². The van der Waals surface area contributed by atoms with Gasteiger partial charge < -0.3 is 15.5 Å². The molecule has 3 N–H and O–H groups in total. The largest absolute Gasteiger partial charge is 0.478 e. The van der Waals surface area contributed by atoms with E-state index in [1.165, 1.54) is 12.1 Å². The average Bonchev–Trinajstić information content (AvgIpc) is 2.54. The van der Waals surface area contributed by atoms with Crippen molar-refractivity contribution in [2.75, 3.05) is 5.32 Å². The number of hydrogen-bond acceptors (Lipinski definition) is 5. The number of carboxylic acid groups (broad SMARTS) is 2. The third-order valence-electron chi connectivity index (χ3n) is 3.27. The van der Waals surface area contributed by atoms with E-state index in [-0.39, 0.29) is 22.1 Å². The normalized spacial score (nSPS) is 10.5. The van der Waals surface area contributed by atoms with Gasteiger partial charge in [-0.05, 0) is 41.9 Å². The lowest BCUT2D eigenvalue weighted by Gasteiger charge is -2.10. The van der Waals surface area contributed by atoms with Crippen LogP contribution in [0.2, 0.25) is 5.28 Å². The number of nitrogens with zero attached hydrogens (tertiary/aromatic N) is 2. The zero-order valence-corrected chi connectivity index (χ0v) is 12.8. The van der Waals surface area contributed by atoms with Crippen LogP contribution in [-0.4, -0.2) is 32.1 Å². The summed E-state index contributed by atoms with van der Waals surface area (Å²) in [5.74, 6) is -2.11. The molecule has 0 spiro atoms. The van der Waals surface area contributed by atoms with Gasteiger partial charge in [0.2, 0.25) is 5.28 Å². The van der Waals surface area contributed by atoms with Crippen molar-refractivity contribution in [2.24, 2.45) is 0 Å². The van der Waals surface area contributed by atoms with Gasteiger partial charge >= 0.3 is 11.9 Å². The van der Waals surface area contributed by atoms with Gasteiger partial charge in [0.25, 0.3) is 0 Å². The Morgan fingerprint density at radius 1 is 0.958 bits per heavy atom. The van der Waals surface area contributed by atoms with Crippen molar-refractivity contribution in [1.29, 1.82) is 0 Å². The van der Waals surface area contributed by atoms with Crippen LogP contribution in [-0.2, 0) is 0 Å². The van der Waals surface area contributed by atoms with Crippen LogP contribution in [0.5, 0.6) is 0 Å². The fourth-order valence-electron chi connectivity index (χ4n) is 2.23. The molecule has 8 heteroatoms. The maximum absolute atomic E-state index is 11.2. The van der Waals surface area contributed by atoms with Crippen LogP contribution in [0.15, 0.2) is 42.5 Å². The van der Waals surface area contributed by atoms with E-state index in [4.69, 9.17) is 21.8 Å². The first-order chi connectivity index (χ1) is 11.4. The third-order valence-corrected chi connectivity index (χ3v) is 3.43. The molecular formula is C16H10ClN3O4. The van der Waals surface area contributed by atoms with Crippen molar-refractivity contribution in [3.05, 3.63) is 58.9 Å². The van der Waals surface area contributed by atoms with E-state index in [1.807, 2.05) is 0 Å². The van der Waals surface area contributed by atoms with E-state index in [0.29, 0.717) is 16.7 Å². The molecule has 0 amide bonds. The Labute approximate surface area is 140 Å². The zero-order chi connectivity index (χ0) is 17.3. The van der Waals surface area contributed by atoms with Crippen molar-refractivity contribution in [3.63, 3.8) is 0 Å². The van der Waals surface area contributed by atoms with Crippen LogP contribution in [0.4, 0.5) is 11.5 Å². The highest BCUT2D eigenvalue weighted by atomic mass is 35.5. The van der Waals surface area contributed by atoms with Crippen LogP contribution < -0.4 is 5.32 Å². The van der Waals surface area contributed by atoms with E-state index in [9.17, 15) is 9.59 Å². The van der Waals surface area contributed by atoms with Crippen molar-refractivity contribution < 1.29 is 19.8 Å². The van der Waals surface area contributed by atoms with Crippen LogP contribution in [0.25, 0.3) is 10.9 Å². The van der Waals surface area contributed by atoms with Gasteiger partial charge in [-0.3, -0.25) is 0 Å². The fourth-order valence-corrected chi connectivity index (χ4v) is 2.40. The Morgan fingerprint density at radius 2 is 1.58 bits per heavy atom. The highest BCUT2D eigenvalue weighted by Crippen LogP contribution is 2.26. The van der Waals surface area contributed by atoms with Crippen molar-refractivity contribution in [2.45, 2.75) is 0 Å². The molecule has 120 valence electrons. The Bertz CT molecular complexity index is 942. The van der Waals surface area contributed by atoms with Crippen LogP contribution >= 0.6 is 11.6 Å². The van der Waals surface area contributed by atoms with Crippen LogP contribution in [0.1, 0.15) is 20.7 Å². The summed E-state index contributed by atoms with van der Waals surface area (Å²) in [6.45, 7) is 0. The number of para-hydroxylation sites is 1. The van der Waals surface area contributed by atoms with Crippen LogP contribution in [0, 0.1) is 0 Å². The van der Waals surface area contributed by atoms with Gasteiger partial charge in [0, 0.05) is 11.1 Å². The molecule has 0 aliphatic rings. The minimum absolute atomic E-state index is 0.0176. The second-order valence-electron chi connectivity index (χ2n) is 4.89. The topological polar surface area (TPSA) is 112 Å². The molecule has 0 aliphatic carbocycles. The summed E-state index contributed by atoms with van der Waals surface area (Å²) in [7, 11) is 0. The summed E-state index contributed by atoms with van der Waals surface area (Å²) in [6, 6.07) is 10.8. The number of hydrogen-bond donors (Lipinski definition) is 3. The molecule has 0 aliphatic heterocycles. The van der Waals surface area contributed by atoms with Gasteiger partial charge in [0.1, 0.15) is 5.82 Å². The molecule has 1 heterocycles. The second-order valence-corrected chi connectivity index (χ2v) is 5.23. The molecule has 0 saturated heterocycles. The molecule has 3 aromatic rings. The van der Waals surface area contributed by atoms with Crippen molar-refractivity contribution in [3.8, 4) is 0 Å². The number of benzene rings is 2. The zero-order valence-electron chi connectivity index (χ0n) is 12.0. The molecule has 0 bridgehead atoms. The smallest absolute Gasteiger partial charge is 0.335 e. The molecule has 0 unspecified atom stereocenters. The average molecular weight is 344 g/mol. The number of aromatic nitrogens is 2. The third kappa shape index (κ3) is 3.11. The molecule has 24 heavy (non-hydrogen) atoms. The van der Waals surface area contributed by atoms with E-state index >= 15 is 0 Å². The Hall–Kier alpha value is -3.19. The van der Waals surface area contributed by atoms with Crippen molar-refractivity contribution in [1.82, 2.24) is 9.97 Å². The van der Waals surface area contributed by atoms with E-state index in [1.54, 1.807) is 24.3 Å². The number of carbonyl (C=O) groups is 2. The maximum atomic E-state index is 11.2. The van der Waals surface area contributed by atoms with Gasteiger partial charge in [-0.2, -0.15) is 4.98 Å². The predicted octanol–water partition coefficient (Wildman–Crippen LogP) is 3.42. The lowest BCUT2D eigenvalue weighted by atomic mass is 10.1. The molecule has 0 radical (unpaired) electrons. The first-order valence-corrected chi connectivity index (χ1v) is 7.13. The number of rotatable bonds is 4. The number of aromatic carboxylic acids is 2. The van der Waals surface area contributed by atoms with Gasteiger partial charge in [0.05, 0.1) is 16.6 Å². The van der Waals surface area contributed by atoms with E-state index < -0.39 is 11.9 Å². The SMILES string of the molecule is O=C(O)c1cc(Nc2nc(Cl)nc3ccccc23)cc(C(=O)O)c1. The number of fused-ring (bicyclic) bond motifs is 1. The Balaban J connectivity index is 2.11. The van der Waals surface area contributed by atoms with E-state index in [2.05, 4.69) is 15.3 Å². The molecule has 3 rings (SSSR count). The quantitative estimate of drug-likeness (QED) is 0.622. The minimum Gasteiger partial charge on any atom is -0.478 e. The standard InChI is InChI=1S/C16H10ClN3O4/c17-16-19-12-4-2-1-3-11(12)13(20-16)18-10-6-8(14(21)22)5-9(7-10)15(23)24/h1-7H,(H,21,22)(H,23,24)(H,18,19,20). The maximum Gasteiger partial charge on any atom is 0.335 e. The monoisotopic (exact) mass is 343 g/mol. The Morgan fingerprint density at radius 3 is 2.21 bits per heavy atom. The van der Waals surface area contributed by atoms with Crippen molar-refractivity contribution >= 4 is 45.9 Å². The number of nitrogens with one attached hydrogen (secondary N) is 1. The summed E-state index contributed by atoms with van der Waals surface area (Å²) in [5, 5.41) is 21.9. The summed E-state index contributed by atoms with van der Waals surface area (Å²) in [5.41, 5.74) is 0.573. The number of anilines is 2. The molecule has 0 saturated carbocycles. The molecule has 0 atom stereocenters.